The Morgan fingerprint density at radius 1 is 1.33 bits per heavy atom. The molecule has 1 aromatic heterocycles. The summed E-state index contributed by atoms with van der Waals surface area (Å²) in [7, 11) is 0. The van der Waals surface area contributed by atoms with Gasteiger partial charge in [0.1, 0.15) is 0 Å². The van der Waals surface area contributed by atoms with Crippen LogP contribution < -0.4 is 0 Å². The van der Waals surface area contributed by atoms with Gasteiger partial charge in [0, 0.05) is 10.3 Å². The molecule has 2 rings (SSSR count). The van der Waals surface area contributed by atoms with Crippen LogP contribution >= 0.6 is 22.9 Å². The van der Waals surface area contributed by atoms with Crippen molar-refractivity contribution in [3.05, 3.63) is 22.4 Å². The molecule has 0 aromatic carbocycles. The van der Waals surface area contributed by atoms with Crippen LogP contribution in [0, 0.1) is 16.7 Å². The molecule has 0 radical (unpaired) electrons. The third kappa shape index (κ3) is 1.74. The van der Waals surface area contributed by atoms with E-state index in [1.54, 1.807) is 0 Å². The van der Waals surface area contributed by atoms with Gasteiger partial charge in [0.25, 0.3) is 0 Å². The van der Waals surface area contributed by atoms with Crippen LogP contribution in [0.15, 0.2) is 17.5 Å². The predicted molar refractivity (Wildman–Crippen MR) is 68.7 cm³/mol. The van der Waals surface area contributed by atoms with Crippen molar-refractivity contribution in [2.75, 3.05) is 0 Å². The lowest BCUT2D eigenvalue weighted by atomic mass is 10.0. The van der Waals surface area contributed by atoms with Crippen LogP contribution in [0.3, 0.4) is 0 Å². The van der Waals surface area contributed by atoms with E-state index in [0.717, 1.165) is 6.42 Å². The van der Waals surface area contributed by atoms with E-state index < -0.39 is 0 Å². The first-order valence-corrected chi connectivity index (χ1v) is 6.85. The van der Waals surface area contributed by atoms with Gasteiger partial charge >= 0.3 is 0 Å². The molecule has 1 aromatic rings. The van der Waals surface area contributed by atoms with Crippen LogP contribution in [0.5, 0.6) is 0 Å². The summed E-state index contributed by atoms with van der Waals surface area (Å²) in [4.78, 5) is 1.41. The van der Waals surface area contributed by atoms with Gasteiger partial charge in [-0.2, -0.15) is 0 Å². The van der Waals surface area contributed by atoms with Crippen LogP contribution in [0.2, 0.25) is 0 Å². The van der Waals surface area contributed by atoms with Gasteiger partial charge in [-0.1, -0.05) is 33.8 Å². The first-order chi connectivity index (χ1) is 6.87. The minimum absolute atomic E-state index is 0.286. The monoisotopic (exact) mass is 242 g/mol. The topological polar surface area (TPSA) is 0 Å². The highest BCUT2D eigenvalue weighted by molar-refractivity contribution is 7.09. The van der Waals surface area contributed by atoms with Crippen molar-refractivity contribution >= 4 is 22.9 Å². The van der Waals surface area contributed by atoms with Gasteiger partial charge in [-0.15, -0.1) is 22.9 Å². The normalized spacial score (nSPS) is 25.1. The average molecular weight is 243 g/mol. The van der Waals surface area contributed by atoms with Crippen molar-refractivity contribution < 1.29 is 0 Å². The Kier molecular flexibility index (Phi) is 2.67. The average Bonchev–Trinajstić information content (AvgIpc) is 2.53. The molecule has 1 heterocycles. The predicted octanol–water partition coefficient (Wildman–Crippen LogP) is 4.58. The summed E-state index contributed by atoms with van der Waals surface area (Å²) in [5, 5.41) is 2.41. The fraction of sp³-hybridized carbons (Fsp3) is 0.692. The third-order valence-corrected chi connectivity index (χ3v) is 5.78. The highest BCUT2D eigenvalue weighted by Crippen LogP contribution is 2.70. The SMILES string of the molecule is CC1(C)C(C(Cl)Cc2cccs2)C1(C)C. The van der Waals surface area contributed by atoms with Crippen molar-refractivity contribution in [2.45, 2.75) is 39.5 Å². The summed E-state index contributed by atoms with van der Waals surface area (Å²) in [6, 6.07) is 4.29. The number of hydrogen-bond donors (Lipinski definition) is 0. The Morgan fingerprint density at radius 2 is 1.93 bits per heavy atom. The van der Waals surface area contributed by atoms with Crippen LogP contribution in [0.1, 0.15) is 32.6 Å². The van der Waals surface area contributed by atoms with Gasteiger partial charge in [-0.25, -0.2) is 0 Å². The Hall–Kier alpha value is -0.0100. The number of halogens is 1. The highest BCUT2D eigenvalue weighted by atomic mass is 35.5. The number of rotatable bonds is 3. The van der Waals surface area contributed by atoms with Crippen LogP contribution in [-0.2, 0) is 6.42 Å². The molecule has 1 fully saturated rings. The quantitative estimate of drug-likeness (QED) is 0.681. The Balaban J connectivity index is 2.02. The van der Waals surface area contributed by atoms with Gasteiger partial charge in [-0.3, -0.25) is 0 Å². The molecule has 1 aliphatic rings. The Bertz CT molecular complexity index is 323. The minimum atomic E-state index is 0.286. The molecule has 0 aliphatic heterocycles. The molecule has 84 valence electrons. The van der Waals surface area contributed by atoms with E-state index in [9.17, 15) is 0 Å². The molecule has 0 saturated heterocycles. The summed E-state index contributed by atoms with van der Waals surface area (Å²) < 4.78 is 0. The maximum Gasteiger partial charge on any atom is 0.0423 e. The summed E-state index contributed by atoms with van der Waals surface area (Å²) >= 11 is 8.36. The number of thiophene rings is 1. The minimum Gasteiger partial charge on any atom is -0.149 e. The zero-order valence-corrected chi connectivity index (χ0v) is 11.5. The van der Waals surface area contributed by atoms with Crippen LogP contribution in [0.25, 0.3) is 0 Å². The second kappa shape index (κ2) is 3.49. The summed E-state index contributed by atoms with van der Waals surface area (Å²) in [5.41, 5.74) is 0.799. The van der Waals surface area contributed by atoms with E-state index in [1.165, 1.54) is 4.88 Å². The lowest BCUT2D eigenvalue weighted by Crippen LogP contribution is -2.10. The maximum atomic E-state index is 6.55. The second-order valence-electron chi connectivity index (χ2n) is 5.72. The molecule has 1 aliphatic carbocycles. The van der Waals surface area contributed by atoms with Crippen molar-refractivity contribution in [2.24, 2.45) is 16.7 Å². The maximum absolute atomic E-state index is 6.55. The molecule has 0 N–H and O–H groups in total. The lowest BCUT2D eigenvalue weighted by Gasteiger charge is -2.09. The van der Waals surface area contributed by atoms with Crippen LogP contribution in [-0.4, -0.2) is 5.38 Å². The van der Waals surface area contributed by atoms with Gasteiger partial charge < -0.3 is 0 Å². The first kappa shape index (κ1) is 11.5. The zero-order valence-electron chi connectivity index (χ0n) is 9.88. The standard InChI is InChI=1S/C13H19ClS/c1-12(2)11(13(12,3)4)10(14)8-9-6-5-7-15-9/h5-7,10-11H,8H2,1-4H3. The molecule has 2 heteroatoms. The van der Waals surface area contributed by atoms with E-state index in [0.29, 0.717) is 16.7 Å². The molecule has 1 unspecified atom stereocenters. The van der Waals surface area contributed by atoms with E-state index >= 15 is 0 Å². The van der Waals surface area contributed by atoms with Gasteiger partial charge in [0.15, 0.2) is 0 Å². The lowest BCUT2D eigenvalue weighted by molar-refractivity contribution is 0.457. The Labute approximate surface area is 102 Å². The molecular weight excluding hydrogens is 224 g/mol. The first-order valence-electron chi connectivity index (χ1n) is 5.54. The summed E-state index contributed by atoms with van der Waals surface area (Å²) in [6.07, 6.45) is 1.02. The van der Waals surface area contributed by atoms with E-state index in [2.05, 4.69) is 45.2 Å². The van der Waals surface area contributed by atoms with Crippen molar-refractivity contribution in [3.63, 3.8) is 0 Å². The van der Waals surface area contributed by atoms with Crippen molar-refractivity contribution in [1.29, 1.82) is 0 Å². The fourth-order valence-electron chi connectivity index (χ4n) is 2.89. The molecule has 0 bridgehead atoms. The molecule has 1 atom stereocenters. The molecule has 0 nitrogen and oxygen atoms in total. The van der Waals surface area contributed by atoms with Crippen molar-refractivity contribution in [1.82, 2.24) is 0 Å². The molecule has 0 amide bonds. The van der Waals surface area contributed by atoms with Crippen molar-refractivity contribution in [3.8, 4) is 0 Å². The van der Waals surface area contributed by atoms with E-state index in [1.807, 2.05) is 11.3 Å². The van der Waals surface area contributed by atoms with E-state index in [-0.39, 0.29) is 5.38 Å². The molecule has 1 saturated carbocycles. The molecule has 0 spiro atoms. The number of alkyl halides is 1. The largest absolute Gasteiger partial charge is 0.149 e. The smallest absolute Gasteiger partial charge is 0.0423 e. The fourth-order valence-corrected chi connectivity index (χ4v) is 4.54. The highest BCUT2D eigenvalue weighted by Gasteiger charge is 2.66. The van der Waals surface area contributed by atoms with Gasteiger partial charge in [0.2, 0.25) is 0 Å². The number of hydrogen-bond acceptors (Lipinski definition) is 1. The second-order valence-corrected chi connectivity index (χ2v) is 7.31. The molecule has 15 heavy (non-hydrogen) atoms. The van der Waals surface area contributed by atoms with Gasteiger partial charge in [0.05, 0.1) is 0 Å². The summed E-state index contributed by atoms with van der Waals surface area (Å²) in [5.74, 6) is 0.647. The summed E-state index contributed by atoms with van der Waals surface area (Å²) in [6.45, 7) is 9.34. The zero-order chi connectivity index (χ0) is 11.3. The third-order valence-electron chi connectivity index (χ3n) is 4.47. The molecular formula is C13H19ClS. The van der Waals surface area contributed by atoms with E-state index in [4.69, 9.17) is 11.6 Å². The van der Waals surface area contributed by atoms with Crippen LogP contribution in [0.4, 0.5) is 0 Å². The van der Waals surface area contributed by atoms with Gasteiger partial charge in [-0.05, 0) is 34.6 Å². The Morgan fingerprint density at radius 3 is 2.33 bits per heavy atom.